The van der Waals surface area contributed by atoms with Crippen molar-refractivity contribution >= 4 is 10.0 Å². The molecule has 0 amide bonds. The Morgan fingerprint density at radius 1 is 1.38 bits per heavy atom. The second kappa shape index (κ2) is 8.13. The molecule has 0 heterocycles. The van der Waals surface area contributed by atoms with Crippen molar-refractivity contribution in [3.05, 3.63) is 35.4 Å². The molecule has 0 aliphatic heterocycles. The second-order valence-corrected chi connectivity index (χ2v) is 6.97. The van der Waals surface area contributed by atoms with Crippen molar-refractivity contribution in [1.29, 1.82) is 5.26 Å². The van der Waals surface area contributed by atoms with Gasteiger partial charge in [-0.1, -0.05) is 25.1 Å². The van der Waals surface area contributed by atoms with Gasteiger partial charge in [0.05, 0.1) is 17.4 Å². The van der Waals surface area contributed by atoms with E-state index in [-0.39, 0.29) is 5.75 Å². The van der Waals surface area contributed by atoms with Gasteiger partial charge in [-0.3, -0.25) is 0 Å². The molecule has 5 nitrogen and oxygen atoms in total. The largest absolute Gasteiger partial charge is 0.302 e. The molecule has 1 N–H and O–H groups in total. The second-order valence-electron chi connectivity index (χ2n) is 5.16. The summed E-state index contributed by atoms with van der Waals surface area (Å²) in [6, 6.07) is 9.20. The Morgan fingerprint density at radius 2 is 2.05 bits per heavy atom. The average molecular weight is 309 g/mol. The molecule has 6 heteroatoms. The van der Waals surface area contributed by atoms with E-state index in [2.05, 4.69) is 23.5 Å². The molecule has 1 aromatic carbocycles. The summed E-state index contributed by atoms with van der Waals surface area (Å²) in [7, 11) is -1.44. The summed E-state index contributed by atoms with van der Waals surface area (Å²) >= 11 is 0. The molecule has 0 spiro atoms. The van der Waals surface area contributed by atoms with E-state index in [4.69, 9.17) is 5.26 Å². The highest BCUT2D eigenvalue weighted by atomic mass is 32.2. The number of rotatable bonds is 8. The molecular formula is C15H23N3O2S. The Labute approximate surface area is 127 Å². The fraction of sp³-hybridized carbons (Fsp3) is 0.533. The molecule has 0 fully saturated rings. The van der Waals surface area contributed by atoms with E-state index in [9.17, 15) is 8.42 Å². The highest BCUT2D eigenvalue weighted by Crippen LogP contribution is 2.10. The van der Waals surface area contributed by atoms with Crippen molar-refractivity contribution in [2.45, 2.75) is 32.1 Å². The van der Waals surface area contributed by atoms with Crippen LogP contribution in [0.4, 0.5) is 0 Å². The predicted octanol–water partition coefficient (Wildman–Crippen LogP) is 1.71. The Morgan fingerprint density at radius 3 is 2.67 bits per heavy atom. The Balaban J connectivity index is 2.57. The van der Waals surface area contributed by atoms with E-state index in [1.165, 1.54) is 0 Å². The zero-order valence-corrected chi connectivity index (χ0v) is 13.7. The van der Waals surface area contributed by atoms with Crippen LogP contribution in [-0.4, -0.2) is 39.5 Å². The minimum Gasteiger partial charge on any atom is -0.302 e. The van der Waals surface area contributed by atoms with E-state index in [1.54, 1.807) is 24.3 Å². The average Bonchev–Trinajstić information content (AvgIpc) is 2.46. The van der Waals surface area contributed by atoms with E-state index >= 15 is 0 Å². The lowest BCUT2D eigenvalue weighted by Crippen LogP contribution is -2.37. The van der Waals surface area contributed by atoms with Crippen molar-refractivity contribution in [2.24, 2.45) is 0 Å². The van der Waals surface area contributed by atoms with Crippen LogP contribution in [0.2, 0.25) is 0 Å². The van der Waals surface area contributed by atoms with Gasteiger partial charge >= 0.3 is 0 Å². The number of nitrogens with zero attached hydrogens (tertiary/aromatic N) is 2. The normalized spacial score (nSPS) is 13.1. The van der Waals surface area contributed by atoms with E-state index in [0.29, 0.717) is 30.3 Å². The van der Waals surface area contributed by atoms with Crippen LogP contribution in [-0.2, 0) is 15.8 Å². The van der Waals surface area contributed by atoms with Gasteiger partial charge in [0.1, 0.15) is 0 Å². The molecule has 116 valence electrons. The monoisotopic (exact) mass is 309 g/mol. The maximum atomic E-state index is 12.0. The lowest BCUT2D eigenvalue weighted by molar-refractivity contribution is 0.256. The number of likely N-dealkylation sites (N-methyl/N-ethyl adjacent to an activating group) is 1. The zero-order valence-electron chi connectivity index (χ0n) is 12.8. The third kappa shape index (κ3) is 5.84. The van der Waals surface area contributed by atoms with Crippen LogP contribution < -0.4 is 4.72 Å². The number of nitriles is 1. The van der Waals surface area contributed by atoms with Gasteiger partial charge in [-0.05, 0) is 32.0 Å². The maximum Gasteiger partial charge on any atom is 0.215 e. The highest BCUT2D eigenvalue weighted by Gasteiger charge is 2.14. The Hall–Kier alpha value is -1.42. The van der Waals surface area contributed by atoms with Crippen LogP contribution in [0.15, 0.2) is 24.3 Å². The Bertz CT molecular complexity index is 593. The molecule has 0 saturated carbocycles. The van der Waals surface area contributed by atoms with Crippen molar-refractivity contribution in [3.8, 4) is 6.07 Å². The van der Waals surface area contributed by atoms with Crippen LogP contribution in [0.25, 0.3) is 0 Å². The number of nitrogens with one attached hydrogen (secondary N) is 1. The van der Waals surface area contributed by atoms with Crippen LogP contribution in [0.5, 0.6) is 0 Å². The van der Waals surface area contributed by atoms with Crippen molar-refractivity contribution in [1.82, 2.24) is 9.62 Å². The van der Waals surface area contributed by atoms with Crippen molar-refractivity contribution < 1.29 is 8.42 Å². The summed E-state index contributed by atoms with van der Waals surface area (Å²) in [6.07, 6.45) is 1.03. The van der Waals surface area contributed by atoms with Gasteiger partial charge in [0.15, 0.2) is 0 Å². The lowest BCUT2D eigenvalue weighted by Gasteiger charge is -2.23. The molecule has 1 rings (SSSR count). The molecule has 0 saturated heterocycles. The van der Waals surface area contributed by atoms with Crippen LogP contribution in [0.3, 0.4) is 0 Å². The molecular weight excluding hydrogens is 286 g/mol. The lowest BCUT2D eigenvalue weighted by atomic mass is 10.1. The molecule has 0 aliphatic rings. The van der Waals surface area contributed by atoms with E-state index in [1.807, 2.05) is 13.1 Å². The number of benzene rings is 1. The van der Waals surface area contributed by atoms with Gasteiger partial charge in [-0.25, -0.2) is 13.1 Å². The molecule has 1 atom stereocenters. The first-order valence-electron chi connectivity index (χ1n) is 7.05. The van der Waals surface area contributed by atoms with Crippen LogP contribution in [0, 0.1) is 11.3 Å². The summed E-state index contributed by atoms with van der Waals surface area (Å²) in [5.74, 6) is -0.163. The topological polar surface area (TPSA) is 73.2 Å². The third-order valence-corrected chi connectivity index (χ3v) is 4.95. The van der Waals surface area contributed by atoms with Gasteiger partial charge in [0.2, 0.25) is 10.0 Å². The smallest absolute Gasteiger partial charge is 0.215 e. The standard InChI is InChI=1S/C15H23N3O2S/c1-4-13(2)18(3)10-9-17-21(19,20)12-15-8-6-5-7-14(15)11-16/h5-8,13,17H,4,9-10,12H2,1-3H3. The predicted molar refractivity (Wildman–Crippen MR) is 84.2 cm³/mol. The van der Waals surface area contributed by atoms with E-state index in [0.717, 1.165) is 6.42 Å². The molecule has 0 radical (unpaired) electrons. The summed E-state index contributed by atoms with van der Waals surface area (Å²) < 4.78 is 26.7. The third-order valence-electron chi connectivity index (χ3n) is 3.61. The SMILES string of the molecule is CCC(C)N(C)CCNS(=O)(=O)Cc1ccccc1C#N. The van der Waals surface area contributed by atoms with Gasteiger partial charge in [0, 0.05) is 19.1 Å². The van der Waals surface area contributed by atoms with Gasteiger partial charge < -0.3 is 4.90 Å². The zero-order chi connectivity index (χ0) is 15.9. The Kier molecular flexibility index (Phi) is 6.82. The number of hydrogen-bond donors (Lipinski definition) is 1. The molecule has 0 bridgehead atoms. The molecule has 0 aliphatic carbocycles. The minimum absolute atomic E-state index is 0.163. The molecule has 1 aromatic rings. The van der Waals surface area contributed by atoms with E-state index < -0.39 is 10.0 Å². The summed E-state index contributed by atoms with van der Waals surface area (Å²) in [6.45, 7) is 5.24. The van der Waals surface area contributed by atoms with Gasteiger partial charge in [-0.15, -0.1) is 0 Å². The first-order chi connectivity index (χ1) is 9.89. The first-order valence-corrected chi connectivity index (χ1v) is 8.70. The summed E-state index contributed by atoms with van der Waals surface area (Å²) in [5, 5.41) is 8.98. The number of hydrogen-bond acceptors (Lipinski definition) is 4. The minimum atomic E-state index is -3.42. The quantitative estimate of drug-likeness (QED) is 0.793. The van der Waals surface area contributed by atoms with Gasteiger partial charge in [-0.2, -0.15) is 5.26 Å². The fourth-order valence-electron chi connectivity index (χ4n) is 1.92. The van der Waals surface area contributed by atoms with Crippen LogP contribution in [0.1, 0.15) is 31.4 Å². The molecule has 0 aromatic heterocycles. The molecule has 1 unspecified atom stereocenters. The summed E-state index contributed by atoms with van der Waals surface area (Å²) in [5.41, 5.74) is 0.933. The van der Waals surface area contributed by atoms with Crippen molar-refractivity contribution in [2.75, 3.05) is 20.1 Å². The number of sulfonamides is 1. The maximum absolute atomic E-state index is 12.0. The fourth-order valence-corrected chi connectivity index (χ4v) is 3.09. The van der Waals surface area contributed by atoms with Gasteiger partial charge in [0.25, 0.3) is 0 Å². The first kappa shape index (κ1) is 17.6. The molecule has 21 heavy (non-hydrogen) atoms. The van der Waals surface area contributed by atoms with Crippen LogP contribution >= 0.6 is 0 Å². The van der Waals surface area contributed by atoms with Crippen molar-refractivity contribution in [3.63, 3.8) is 0 Å². The summed E-state index contributed by atoms with van der Waals surface area (Å²) in [4.78, 5) is 2.12. The highest BCUT2D eigenvalue weighted by molar-refractivity contribution is 7.88.